The summed E-state index contributed by atoms with van der Waals surface area (Å²) >= 11 is 7.86. The van der Waals surface area contributed by atoms with Gasteiger partial charge in [-0.25, -0.2) is 0 Å². The number of rotatable bonds is 3. The van der Waals surface area contributed by atoms with Gasteiger partial charge in [0.15, 0.2) is 0 Å². The summed E-state index contributed by atoms with van der Waals surface area (Å²) in [5.74, 6) is 0. The van der Waals surface area contributed by atoms with Crippen molar-refractivity contribution in [3.05, 3.63) is 20.8 Å². The molecule has 2 atom stereocenters. The lowest BCUT2D eigenvalue weighted by Gasteiger charge is -2.38. The van der Waals surface area contributed by atoms with E-state index in [9.17, 15) is 0 Å². The SMILES string of the molecule is CN1CCN(C)C(CNC2CCc3sc(Cl)cc32)C1. The van der Waals surface area contributed by atoms with Gasteiger partial charge in [-0.3, -0.25) is 4.90 Å². The van der Waals surface area contributed by atoms with Crippen molar-refractivity contribution in [3.63, 3.8) is 0 Å². The van der Waals surface area contributed by atoms with Crippen molar-refractivity contribution in [1.82, 2.24) is 15.1 Å². The summed E-state index contributed by atoms with van der Waals surface area (Å²) in [4.78, 5) is 6.38. The van der Waals surface area contributed by atoms with Crippen LogP contribution in [-0.4, -0.2) is 56.1 Å². The number of thiophene rings is 1. The van der Waals surface area contributed by atoms with Crippen molar-refractivity contribution in [2.75, 3.05) is 40.3 Å². The van der Waals surface area contributed by atoms with Crippen LogP contribution in [0.1, 0.15) is 22.9 Å². The van der Waals surface area contributed by atoms with Crippen molar-refractivity contribution in [3.8, 4) is 0 Å². The van der Waals surface area contributed by atoms with Gasteiger partial charge in [0, 0.05) is 43.1 Å². The Balaban J connectivity index is 1.58. The Bertz CT molecular complexity index is 448. The van der Waals surface area contributed by atoms with Gasteiger partial charge in [0.05, 0.1) is 4.34 Å². The number of aryl methyl sites for hydroxylation is 1. The average molecular weight is 300 g/mol. The maximum Gasteiger partial charge on any atom is 0.0934 e. The molecule has 19 heavy (non-hydrogen) atoms. The van der Waals surface area contributed by atoms with E-state index in [1.807, 2.05) is 0 Å². The van der Waals surface area contributed by atoms with Gasteiger partial charge in [-0.2, -0.15) is 0 Å². The Labute approximate surface area is 124 Å². The molecule has 0 spiro atoms. The Morgan fingerprint density at radius 3 is 3.11 bits per heavy atom. The van der Waals surface area contributed by atoms with Crippen molar-refractivity contribution in [2.24, 2.45) is 0 Å². The first-order valence-corrected chi connectivity index (χ1v) is 8.23. The van der Waals surface area contributed by atoms with E-state index in [2.05, 4.69) is 35.3 Å². The molecule has 106 valence electrons. The highest BCUT2D eigenvalue weighted by Crippen LogP contribution is 2.39. The second-order valence-electron chi connectivity index (χ2n) is 5.83. The van der Waals surface area contributed by atoms with E-state index in [1.54, 1.807) is 11.3 Å². The zero-order valence-electron chi connectivity index (χ0n) is 11.7. The van der Waals surface area contributed by atoms with E-state index < -0.39 is 0 Å². The smallest absolute Gasteiger partial charge is 0.0934 e. The van der Waals surface area contributed by atoms with Gasteiger partial charge in [-0.1, -0.05) is 11.6 Å². The summed E-state index contributed by atoms with van der Waals surface area (Å²) in [6.07, 6.45) is 2.41. The predicted molar refractivity (Wildman–Crippen MR) is 82.3 cm³/mol. The molecule has 1 aliphatic heterocycles. The van der Waals surface area contributed by atoms with Crippen molar-refractivity contribution in [1.29, 1.82) is 0 Å². The largest absolute Gasteiger partial charge is 0.308 e. The summed E-state index contributed by atoms with van der Waals surface area (Å²) in [5.41, 5.74) is 1.45. The molecule has 0 amide bonds. The zero-order valence-corrected chi connectivity index (χ0v) is 13.2. The van der Waals surface area contributed by atoms with Gasteiger partial charge >= 0.3 is 0 Å². The summed E-state index contributed by atoms with van der Waals surface area (Å²) in [7, 11) is 4.45. The maximum atomic E-state index is 6.11. The van der Waals surface area contributed by atoms with Gasteiger partial charge in [-0.15, -0.1) is 11.3 Å². The predicted octanol–water partition coefficient (Wildman–Crippen LogP) is 2.22. The van der Waals surface area contributed by atoms with Crippen molar-refractivity contribution >= 4 is 22.9 Å². The van der Waals surface area contributed by atoms with Crippen molar-refractivity contribution < 1.29 is 0 Å². The van der Waals surface area contributed by atoms with Crippen LogP contribution < -0.4 is 5.32 Å². The van der Waals surface area contributed by atoms with Crippen LogP contribution >= 0.6 is 22.9 Å². The van der Waals surface area contributed by atoms with Crippen LogP contribution in [0, 0.1) is 0 Å². The Kier molecular flexibility index (Phi) is 4.15. The summed E-state index contributed by atoms with van der Waals surface area (Å²) in [5, 5.41) is 3.75. The van der Waals surface area contributed by atoms with E-state index in [4.69, 9.17) is 11.6 Å². The number of hydrogen-bond donors (Lipinski definition) is 1. The maximum absolute atomic E-state index is 6.11. The number of nitrogens with zero attached hydrogens (tertiary/aromatic N) is 2. The second kappa shape index (κ2) is 5.70. The highest BCUT2D eigenvalue weighted by atomic mass is 35.5. The number of hydrogen-bond acceptors (Lipinski definition) is 4. The molecule has 0 bridgehead atoms. The topological polar surface area (TPSA) is 18.5 Å². The first-order valence-electron chi connectivity index (χ1n) is 7.04. The molecule has 1 aromatic rings. The van der Waals surface area contributed by atoms with Gasteiger partial charge in [0.1, 0.15) is 0 Å². The summed E-state index contributed by atoms with van der Waals surface area (Å²) in [6, 6.07) is 3.29. The molecule has 2 aliphatic rings. The Morgan fingerprint density at radius 2 is 2.26 bits per heavy atom. The third kappa shape index (κ3) is 2.98. The van der Waals surface area contributed by atoms with Crippen LogP contribution in [0.4, 0.5) is 0 Å². The van der Waals surface area contributed by atoms with E-state index >= 15 is 0 Å². The van der Waals surface area contributed by atoms with Crippen LogP contribution in [0.15, 0.2) is 6.07 Å². The van der Waals surface area contributed by atoms with E-state index in [-0.39, 0.29) is 0 Å². The lowest BCUT2D eigenvalue weighted by atomic mass is 10.1. The number of likely N-dealkylation sites (N-methyl/N-ethyl adjacent to an activating group) is 2. The molecule has 0 aromatic carbocycles. The number of nitrogens with one attached hydrogen (secondary N) is 1. The molecule has 1 aromatic heterocycles. The molecule has 3 nitrogen and oxygen atoms in total. The highest BCUT2D eigenvalue weighted by molar-refractivity contribution is 7.16. The van der Waals surface area contributed by atoms with Crippen LogP contribution in [0.25, 0.3) is 0 Å². The standard InChI is InChI=1S/C14H22ClN3S/c1-17-5-6-18(2)10(9-17)8-16-12-3-4-13-11(12)7-14(15)19-13/h7,10,12,16H,3-6,8-9H2,1-2H3. The van der Waals surface area contributed by atoms with Crippen LogP contribution in [-0.2, 0) is 6.42 Å². The molecule has 3 rings (SSSR count). The van der Waals surface area contributed by atoms with Gasteiger partial charge in [-0.05, 0) is 38.6 Å². The second-order valence-corrected chi connectivity index (χ2v) is 7.59. The fourth-order valence-electron chi connectivity index (χ4n) is 3.14. The molecule has 5 heteroatoms. The van der Waals surface area contributed by atoms with Gasteiger partial charge < -0.3 is 10.2 Å². The van der Waals surface area contributed by atoms with E-state index in [0.29, 0.717) is 12.1 Å². The first kappa shape index (κ1) is 13.8. The molecule has 2 heterocycles. The number of halogens is 1. The van der Waals surface area contributed by atoms with Crippen LogP contribution in [0.5, 0.6) is 0 Å². The minimum atomic E-state index is 0.513. The third-order valence-corrected chi connectivity index (χ3v) is 5.77. The number of fused-ring (bicyclic) bond motifs is 1. The lowest BCUT2D eigenvalue weighted by molar-refractivity contribution is 0.111. The summed E-state index contributed by atoms with van der Waals surface area (Å²) in [6.45, 7) is 4.58. The monoisotopic (exact) mass is 299 g/mol. The molecular formula is C14H22ClN3S. The lowest BCUT2D eigenvalue weighted by Crippen LogP contribution is -2.54. The normalized spacial score (nSPS) is 28.8. The van der Waals surface area contributed by atoms with Gasteiger partial charge in [0.25, 0.3) is 0 Å². The molecule has 1 aliphatic carbocycles. The zero-order chi connectivity index (χ0) is 13.4. The minimum Gasteiger partial charge on any atom is -0.308 e. The fraction of sp³-hybridized carbons (Fsp3) is 0.714. The Morgan fingerprint density at radius 1 is 1.42 bits per heavy atom. The Hall–Kier alpha value is -0.130. The molecule has 1 N–H and O–H groups in total. The highest BCUT2D eigenvalue weighted by Gasteiger charge is 2.27. The molecule has 1 fully saturated rings. The molecule has 0 radical (unpaired) electrons. The molecule has 0 saturated carbocycles. The van der Waals surface area contributed by atoms with Crippen molar-refractivity contribution in [2.45, 2.75) is 24.9 Å². The first-order chi connectivity index (χ1) is 9.13. The number of piperazine rings is 1. The van der Waals surface area contributed by atoms with E-state index in [1.165, 1.54) is 36.4 Å². The molecule has 2 unspecified atom stereocenters. The van der Waals surface area contributed by atoms with Gasteiger partial charge in [0.2, 0.25) is 0 Å². The molecule has 1 saturated heterocycles. The van der Waals surface area contributed by atoms with Crippen LogP contribution in [0.2, 0.25) is 4.34 Å². The molecular weight excluding hydrogens is 278 g/mol. The quantitative estimate of drug-likeness (QED) is 0.923. The summed E-state index contributed by atoms with van der Waals surface area (Å²) < 4.78 is 0.936. The van der Waals surface area contributed by atoms with E-state index in [0.717, 1.165) is 17.4 Å². The third-order valence-electron chi connectivity index (χ3n) is 4.43. The minimum absolute atomic E-state index is 0.513. The van der Waals surface area contributed by atoms with Crippen LogP contribution in [0.3, 0.4) is 0 Å². The fourth-order valence-corrected chi connectivity index (χ4v) is 4.50. The average Bonchev–Trinajstić information content (AvgIpc) is 2.90.